The van der Waals surface area contributed by atoms with Gasteiger partial charge in [0.15, 0.2) is 5.75 Å². The molecule has 116 valence electrons. The summed E-state index contributed by atoms with van der Waals surface area (Å²) in [6.45, 7) is 7.58. The Morgan fingerprint density at radius 3 is 2.76 bits per heavy atom. The molecule has 0 aromatic heterocycles. The minimum absolute atomic E-state index is 0.00853. The van der Waals surface area contributed by atoms with Gasteiger partial charge in [0.25, 0.3) is 0 Å². The van der Waals surface area contributed by atoms with Crippen LogP contribution in [0, 0.1) is 16.0 Å². The second-order valence-corrected chi connectivity index (χ2v) is 5.95. The number of nitrogens with two attached hydrogens (primary N) is 1. The Balaban J connectivity index is 2.26. The third-order valence-corrected chi connectivity index (χ3v) is 3.84. The molecule has 0 bridgehead atoms. The highest BCUT2D eigenvalue weighted by Gasteiger charge is 2.25. The zero-order chi connectivity index (χ0) is 15.6. The van der Waals surface area contributed by atoms with Crippen LogP contribution in [0.1, 0.15) is 27.2 Å². The third kappa shape index (κ3) is 3.64. The largest absolute Gasteiger partial charge is 0.484 e. The molecule has 0 radical (unpaired) electrons. The fraction of sp³-hybridized carbons (Fsp3) is 0.600. The topological polar surface area (TPSA) is 81.6 Å². The summed E-state index contributed by atoms with van der Waals surface area (Å²) in [6.07, 6.45) is 0.825. The van der Waals surface area contributed by atoms with E-state index in [9.17, 15) is 10.1 Å². The van der Waals surface area contributed by atoms with Crippen LogP contribution in [0.3, 0.4) is 0 Å². The van der Waals surface area contributed by atoms with E-state index in [4.69, 9.17) is 10.5 Å². The molecule has 1 aromatic rings. The number of hydrogen-bond donors (Lipinski definition) is 1. The molecular formula is C15H23N3O3. The molecule has 1 aliphatic rings. The van der Waals surface area contributed by atoms with Crippen molar-refractivity contribution in [3.05, 3.63) is 28.3 Å². The Kier molecular flexibility index (Phi) is 4.67. The molecule has 0 saturated carbocycles. The minimum Gasteiger partial charge on any atom is -0.484 e. The third-order valence-electron chi connectivity index (χ3n) is 3.84. The van der Waals surface area contributed by atoms with Gasteiger partial charge in [-0.05, 0) is 32.3 Å². The first-order valence-corrected chi connectivity index (χ1v) is 7.34. The molecule has 2 unspecified atom stereocenters. The maximum absolute atomic E-state index is 11.1. The Morgan fingerprint density at radius 1 is 1.48 bits per heavy atom. The standard InChI is InChI=1S/C15H23N3O3/c1-10(2)21-15-8-12(4-5-14(15)18(19)20)17-7-6-13(16)11(3)9-17/h4-5,8,10-11,13H,6-7,9,16H2,1-3H3. The van der Waals surface area contributed by atoms with Crippen LogP contribution in [0.2, 0.25) is 0 Å². The summed E-state index contributed by atoms with van der Waals surface area (Å²) in [6, 6.07) is 5.30. The number of nitro benzene ring substituents is 1. The lowest BCUT2D eigenvalue weighted by atomic mass is 9.94. The second-order valence-electron chi connectivity index (χ2n) is 5.95. The quantitative estimate of drug-likeness (QED) is 0.681. The Labute approximate surface area is 125 Å². The summed E-state index contributed by atoms with van der Waals surface area (Å²) in [5.41, 5.74) is 7.00. The van der Waals surface area contributed by atoms with Crippen molar-refractivity contribution in [3.63, 3.8) is 0 Å². The van der Waals surface area contributed by atoms with Gasteiger partial charge in [0.05, 0.1) is 11.0 Å². The second kappa shape index (κ2) is 6.30. The van der Waals surface area contributed by atoms with Crippen molar-refractivity contribution in [2.45, 2.75) is 39.3 Å². The van der Waals surface area contributed by atoms with E-state index in [1.807, 2.05) is 13.8 Å². The molecule has 1 aliphatic heterocycles. The van der Waals surface area contributed by atoms with Crippen molar-refractivity contribution in [3.8, 4) is 5.75 Å². The molecule has 0 spiro atoms. The van der Waals surface area contributed by atoms with Crippen molar-refractivity contribution in [2.24, 2.45) is 11.7 Å². The van der Waals surface area contributed by atoms with E-state index in [0.29, 0.717) is 11.7 Å². The van der Waals surface area contributed by atoms with Crippen molar-refractivity contribution < 1.29 is 9.66 Å². The van der Waals surface area contributed by atoms with E-state index in [1.54, 1.807) is 12.1 Å². The van der Waals surface area contributed by atoms with Crippen LogP contribution in [-0.2, 0) is 0 Å². The molecule has 2 atom stereocenters. The lowest BCUT2D eigenvalue weighted by Gasteiger charge is -2.36. The SMILES string of the molecule is CC(C)Oc1cc(N2CCC(N)C(C)C2)ccc1[N+](=O)[O-]. The molecule has 6 nitrogen and oxygen atoms in total. The smallest absolute Gasteiger partial charge is 0.311 e. The highest BCUT2D eigenvalue weighted by Crippen LogP contribution is 2.33. The van der Waals surface area contributed by atoms with Gasteiger partial charge in [-0.2, -0.15) is 0 Å². The molecule has 1 fully saturated rings. The molecule has 1 saturated heterocycles. The molecule has 21 heavy (non-hydrogen) atoms. The lowest BCUT2D eigenvalue weighted by molar-refractivity contribution is -0.386. The van der Waals surface area contributed by atoms with Gasteiger partial charge >= 0.3 is 5.69 Å². The molecule has 6 heteroatoms. The fourth-order valence-corrected chi connectivity index (χ4v) is 2.60. The summed E-state index contributed by atoms with van der Waals surface area (Å²) in [5.74, 6) is 0.735. The average molecular weight is 293 g/mol. The maximum Gasteiger partial charge on any atom is 0.311 e. The van der Waals surface area contributed by atoms with Gasteiger partial charge in [-0.1, -0.05) is 6.92 Å². The fourth-order valence-electron chi connectivity index (χ4n) is 2.60. The Hall–Kier alpha value is -1.82. The van der Waals surface area contributed by atoms with Crippen LogP contribution < -0.4 is 15.4 Å². The predicted molar refractivity (Wildman–Crippen MR) is 82.8 cm³/mol. The molecule has 2 rings (SSSR count). The van der Waals surface area contributed by atoms with Gasteiger partial charge in [-0.25, -0.2) is 0 Å². The van der Waals surface area contributed by atoms with Gasteiger partial charge in [-0.15, -0.1) is 0 Å². The molecular weight excluding hydrogens is 270 g/mol. The molecule has 0 amide bonds. The predicted octanol–water partition coefficient (Wildman–Crippen LogP) is 2.56. The highest BCUT2D eigenvalue weighted by molar-refractivity contribution is 5.59. The number of nitro groups is 1. The van der Waals surface area contributed by atoms with Crippen LogP contribution >= 0.6 is 0 Å². The van der Waals surface area contributed by atoms with Crippen molar-refractivity contribution in [2.75, 3.05) is 18.0 Å². The van der Waals surface area contributed by atoms with Gasteiger partial charge in [0, 0.05) is 37.0 Å². The van der Waals surface area contributed by atoms with Crippen LogP contribution in [0.25, 0.3) is 0 Å². The minimum atomic E-state index is -0.407. The summed E-state index contributed by atoms with van der Waals surface area (Å²) >= 11 is 0. The number of rotatable bonds is 4. The number of benzene rings is 1. The van der Waals surface area contributed by atoms with E-state index in [2.05, 4.69) is 11.8 Å². The normalized spacial score (nSPS) is 22.4. The Morgan fingerprint density at radius 2 is 2.19 bits per heavy atom. The van der Waals surface area contributed by atoms with Crippen LogP contribution in [0.15, 0.2) is 18.2 Å². The number of piperidine rings is 1. The zero-order valence-electron chi connectivity index (χ0n) is 12.8. The maximum atomic E-state index is 11.1. The van der Waals surface area contributed by atoms with Crippen LogP contribution in [0.5, 0.6) is 5.75 Å². The van der Waals surface area contributed by atoms with E-state index in [-0.39, 0.29) is 17.8 Å². The summed E-state index contributed by atoms with van der Waals surface area (Å²) in [4.78, 5) is 12.9. The van der Waals surface area contributed by atoms with E-state index < -0.39 is 4.92 Å². The summed E-state index contributed by atoms with van der Waals surface area (Å²) in [7, 11) is 0. The first-order valence-electron chi connectivity index (χ1n) is 7.34. The Bertz CT molecular complexity index is 519. The van der Waals surface area contributed by atoms with Gasteiger partial charge in [0.1, 0.15) is 0 Å². The highest BCUT2D eigenvalue weighted by atomic mass is 16.6. The molecule has 2 N–H and O–H groups in total. The first kappa shape index (κ1) is 15.6. The molecule has 1 heterocycles. The summed E-state index contributed by atoms with van der Waals surface area (Å²) in [5, 5.41) is 11.1. The van der Waals surface area contributed by atoms with Gasteiger partial charge in [-0.3, -0.25) is 10.1 Å². The van der Waals surface area contributed by atoms with E-state index >= 15 is 0 Å². The lowest BCUT2D eigenvalue weighted by Crippen LogP contribution is -2.45. The average Bonchev–Trinajstić information content (AvgIpc) is 2.40. The van der Waals surface area contributed by atoms with Crippen LogP contribution in [-0.4, -0.2) is 30.2 Å². The van der Waals surface area contributed by atoms with E-state index in [1.165, 1.54) is 6.07 Å². The van der Waals surface area contributed by atoms with Crippen molar-refractivity contribution in [1.29, 1.82) is 0 Å². The number of anilines is 1. The summed E-state index contributed by atoms with van der Waals surface area (Å²) < 4.78 is 5.59. The zero-order valence-corrected chi connectivity index (χ0v) is 12.8. The van der Waals surface area contributed by atoms with E-state index in [0.717, 1.165) is 25.2 Å². The number of nitrogens with zero attached hydrogens (tertiary/aromatic N) is 2. The molecule has 0 aliphatic carbocycles. The van der Waals surface area contributed by atoms with Gasteiger partial charge in [0.2, 0.25) is 0 Å². The van der Waals surface area contributed by atoms with Crippen LogP contribution in [0.4, 0.5) is 11.4 Å². The molecule has 1 aromatic carbocycles. The first-order chi connectivity index (χ1) is 9.88. The van der Waals surface area contributed by atoms with Crippen molar-refractivity contribution >= 4 is 11.4 Å². The van der Waals surface area contributed by atoms with Crippen molar-refractivity contribution in [1.82, 2.24) is 0 Å². The number of ether oxygens (including phenoxy) is 1. The number of hydrogen-bond acceptors (Lipinski definition) is 5. The van der Waals surface area contributed by atoms with Gasteiger partial charge < -0.3 is 15.4 Å². The monoisotopic (exact) mass is 293 g/mol.